The molecule has 0 saturated heterocycles. The number of nitrogens with zero attached hydrogens (tertiary/aromatic N) is 1. The van der Waals surface area contributed by atoms with E-state index in [0.717, 1.165) is 16.7 Å². The number of sulfonamides is 1. The van der Waals surface area contributed by atoms with Gasteiger partial charge in [0.15, 0.2) is 0 Å². The molecule has 0 atom stereocenters. The number of carbonyl (C=O) groups is 1. The first-order valence-electron chi connectivity index (χ1n) is 9.18. The molecule has 3 N–H and O–H groups in total. The molecule has 0 unspecified atom stereocenters. The summed E-state index contributed by atoms with van der Waals surface area (Å²) in [4.78, 5) is 25.4. The highest BCUT2D eigenvalue weighted by atomic mass is 32.2. The van der Waals surface area contributed by atoms with Crippen LogP contribution in [0.1, 0.15) is 27.2 Å². The second-order valence-electron chi connectivity index (χ2n) is 6.95. The van der Waals surface area contributed by atoms with Crippen LogP contribution in [0.2, 0.25) is 0 Å². The molecule has 0 aliphatic carbocycles. The summed E-state index contributed by atoms with van der Waals surface area (Å²) in [5.41, 5.74) is -1.06. The van der Waals surface area contributed by atoms with Crippen LogP contribution in [0.15, 0.2) is 70.4 Å². The lowest BCUT2D eigenvalue weighted by Gasteiger charge is -2.14. The third-order valence-electron chi connectivity index (χ3n) is 4.66. The van der Waals surface area contributed by atoms with Crippen molar-refractivity contribution in [2.75, 3.05) is 0 Å². The van der Waals surface area contributed by atoms with Gasteiger partial charge in [-0.05, 0) is 55.0 Å². The van der Waals surface area contributed by atoms with Gasteiger partial charge in [-0.2, -0.15) is 13.2 Å². The molecule has 0 saturated carbocycles. The van der Waals surface area contributed by atoms with Crippen molar-refractivity contribution in [1.82, 2.24) is 9.88 Å². The van der Waals surface area contributed by atoms with E-state index in [4.69, 9.17) is 5.14 Å². The molecule has 168 valence electrons. The third kappa shape index (κ3) is 5.06. The number of nitrogens with two attached hydrogens (primary N) is 1. The average Bonchev–Trinajstić information content (AvgIpc) is 2.71. The van der Waals surface area contributed by atoms with Gasteiger partial charge in [-0.3, -0.25) is 14.2 Å². The van der Waals surface area contributed by atoms with Gasteiger partial charge < -0.3 is 5.32 Å². The largest absolute Gasteiger partial charge is 0.416 e. The molecule has 11 heteroatoms. The summed E-state index contributed by atoms with van der Waals surface area (Å²) in [6.45, 7) is 1.52. The maximum absolute atomic E-state index is 13.1. The lowest BCUT2D eigenvalue weighted by Crippen LogP contribution is -2.33. The molecule has 0 aliphatic heterocycles. The average molecular weight is 465 g/mol. The third-order valence-corrected chi connectivity index (χ3v) is 5.59. The van der Waals surface area contributed by atoms with Gasteiger partial charge in [0.2, 0.25) is 10.0 Å². The highest BCUT2D eigenvalue weighted by Crippen LogP contribution is 2.30. The smallest absolute Gasteiger partial charge is 0.348 e. The standard InChI is InChI=1S/C21H18F3N3O4S/c1-13-5-10-18(19(28)26-12-14-6-8-17(9-7-14)32(25,30)31)20(29)27(13)16-4-2-3-15(11-16)21(22,23)24/h2-11H,12H2,1H3,(H,26,28)(H2,25,30,31). The van der Waals surface area contributed by atoms with E-state index < -0.39 is 33.2 Å². The maximum atomic E-state index is 13.1. The number of carbonyl (C=O) groups excluding carboxylic acids is 1. The minimum absolute atomic E-state index is 0.0133. The van der Waals surface area contributed by atoms with Gasteiger partial charge >= 0.3 is 6.18 Å². The highest BCUT2D eigenvalue weighted by Gasteiger charge is 2.30. The number of halogens is 3. The minimum atomic E-state index is -4.58. The Labute approximate surface area is 181 Å². The monoisotopic (exact) mass is 465 g/mol. The van der Waals surface area contributed by atoms with Crippen LogP contribution in [0.4, 0.5) is 13.2 Å². The Bertz CT molecular complexity index is 1330. The van der Waals surface area contributed by atoms with Crippen LogP contribution in [0, 0.1) is 6.92 Å². The molecular formula is C21H18F3N3O4S. The fourth-order valence-corrected chi connectivity index (χ4v) is 3.54. The lowest BCUT2D eigenvalue weighted by molar-refractivity contribution is -0.137. The summed E-state index contributed by atoms with van der Waals surface area (Å²) in [6.07, 6.45) is -4.58. The summed E-state index contributed by atoms with van der Waals surface area (Å²) in [6, 6.07) is 12.5. The molecule has 0 spiro atoms. The van der Waals surface area contributed by atoms with Crippen molar-refractivity contribution in [2.45, 2.75) is 24.5 Å². The number of nitrogens with one attached hydrogen (secondary N) is 1. The van der Waals surface area contributed by atoms with E-state index in [2.05, 4.69) is 5.32 Å². The van der Waals surface area contributed by atoms with E-state index in [1.54, 1.807) is 0 Å². The Hall–Kier alpha value is -3.44. The number of alkyl halides is 3. The van der Waals surface area contributed by atoms with Gasteiger partial charge in [0.25, 0.3) is 11.5 Å². The molecule has 0 aliphatic rings. The van der Waals surface area contributed by atoms with Crippen molar-refractivity contribution < 1.29 is 26.4 Å². The number of aromatic nitrogens is 1. The van der Waals surface area contributed by atoms with Gasteiger partial charge in [-0.1, -0.05) is 18.2 Å². The van der Waals surface area contributed by atoms with E-state index in [-0.39, 0.29) is 22.7 Å². The summed E-state index contributed by atoms with van der Waals surface area (Å²) in [5, 5.41) is 7.57. The zero-order chi connectivity index (χ0) is 23.7. The normalized spacial score (nSPS) is 11.9. The van der Waals surface area contributed by atoms with Crippen molar-refractivity contribution >= 4 is 15.9 Å². The molecule has 0 fully saturated rings. The van der Waals surface area contributed by atoms with Gasteiger partial charge in [-0.15, -0.1) is 0 Å². The number of aryl methyl sites for hydroxylation is 1. The van der Waals surface area contributed by atoms with Gasteiger partial charge in [-0.25, -0.2) is 13.6 Å². The predicted molar refractivity (Wildman–Crippen MR) is 111 cm³/mol. The van der Waals surface area contributed by atoms with Crippen molar-refractivity contribution in [3.05, 3.63) is 93.4 Å². The fraction of sp³-hybridized carbons (Fsp3) is 0.143. The quantitative estimate of drug-likeness (QED) is 0.604. The molecular weight excluding hydrogens is 447 g/mol. The highest BCUT2D eigenvalue weighted by molar-refractivity contribution is 7.89. The van der Waals surface area contributed by atoms with Gasteiger partial charge in [0.1, 0.15) is 5.56 Å². The molecule has 0 bridgehead atoms. The Morgan fingerprint density at radius 3 is 2.31 bits per heavy atom. The van der Waals surface area contributed by atoms with Crippen molar-refractivity contribution in [1.29, 1.82) is 0 Å². The number of primary sulfonamides is 1. The summed E-state index contributed by atoms with van der Waals surface area (Å²) < 4.78 is 62.8. The first kappa shape index (κ1) is 23.2. The van der Waals surface area contributed by atoms with Crippen LogP contribution in [0.5, 0.6) is 0 Å². The number of pyridine rings is 1. The van der Waals surface area contributed by atoms with Gasteiger partial charge in [0.05, 0.1) is 10.5 Å². The molecule has 32 heavy (non-hydrogen) atoms. The molecule has 1 heterocycles. The maximum Gasteiger partial charge on any atom is 0.416 e. The van der Waals surface area contributed by atoms with E-state index in [0.29, 0.717) is 11.3 Å². The lowest BCUT2D eigenvalue weighted by atomic mass is 10.1. The summed E-state index contributed by atoms with van der Waals surface area (Å²) >= 11 is 0. The fourth-order valence-electron chi connectivity index (χ4n) is 3.02. The van der Waals surface area contributed by atoms with E-state index in [9.17, 15) is 31.2 Å². The molecule has 1 aromatic heterocycles. The molecule has 0 radical (unpaired) electrons. The second-order valence-corrected chi connectivity index (χ2v) is 8.51. The number of rotatable bonds is 5. The van der Waals surface area contributed by atoms with Gasteiger partial charge in [0, 0.05) is 17.9 Å². The molecule has 1 amide bonds. The van der Waals surface area contributed by atoms with Crippen LogP contribution >= 0.6 is 0 Å². The SMILES string of the molecule is Cc1ccc(C(=O)NCc2ccc(S(N)(=O)=O)cc2)c(=O)n1-c1cccc(C(F)(F)F)c1. The Kier molecular flexibility index (Phi) is 6.24. The number of hydrogen-bond acceptors (Lipinski definition) is 4. The van der Waals surface area contributed by atoms with Crippen molar-refractivity contribution in [3.63, 3.8) is 0 Å². The van der Waals surface area contributed by atoms with E-state index in [1.807, 2.05) is 0 Å². The zero-order valence-electron chi connectivity index (χ0n) is 16.7. The molecule has 2 aromatic carbocycles. The Morgan fingerprint density at radius 2 is 1.72 bits per heavy atom. The molecule has 7 nitrogen and oxygen atoms in total. The van der Waals surface area contributed by atoms with E-state index >= 15 is 0 Å². The van der Waals surface area contributed by atoms with Crippen molar-refractivity contribution in [3.8, 4) is 5.69 Å². The number of hydrogen-bond donors (Lipinski definition) is 2. The van der Waals surface area contributed by atoms with Crippen LogP contribution in [-0.4, -0.2) is 18.9 Å². The first-order chi connectivity index (χ1) is 14.9. The minimum Gasteiger partial charge on any atom is -0.348 e. The summed E-state index contributed by atoms with van der Waals surface area (Å²) in [5.74, 6) is -0.730. The van der Waals surface area contributed by atoms with E-state index in [1.165, 1.54) is 55.5 Å². The zero-order valence-corrected chi connectivity index (χ0v) is 17.5. The van der Waals surface area contributed by atoms with Crippen LogP contribution in [0.25, 0.3) is 5.69 Å². The summed E-state index contributed by atoms with van der Waals surface area (Å²) in [7, 11) is -3.85. The second kappa shape index (κ2) is 8.60. The first-order valence-corrected chi connectivity index (χ1v) is 10.7. The van der Waals surface area contributed by atoms with Crippen LogP contribution in [0.3, 0.4) is 0 Å². The van der Waals surface area contributed by atoms with Crippen molar-refractivity contribution in [2.24, 2.45) is 5.14 Å². The molecule has 3 aromatic rings. The Morgan fingerprint density at radius 1 is 1.06 bits per heavy atom. The number of benzene rings is 2. The topological polar surface area (TPSA) is 111 Å². The number of amides is 1. The Balaban J connectivity index is 1.87. The predicted octanol–water partition coefficient (Wildman–Crippen LogP) is 2.74. The van der Waals surface area contributed by atoms with Crippen LogP contribution < -0.4 is 16.0 Å². The molecule has 3 rings (SSSR count). The van der Waals surface area contributed by atoms with Crippen LogP contribution in [-0.2, 0) is 22.7 Å².